The minimum Gasteiger partial charge on any atom is -0.385 e. The van der Waals surface area contributed by atoms with Crippen molar-refractivity contribution in [2.45, 2.75) is 6.42 Å². The molecule has 0 radical (unpaired) electrons. The number of hydrogen-bond acceptors (Lipinski definition) is 4. The smallest absolute Gasteiger partial charge is 0.255 e. The van der Waals surface area contributed by atoms with Crippen LogP contribution in [0.4, 0.5) is 11.5 Å². The van der Waals surface area contributed by atoms with E-state index in [4.69, 9.17) is 4.74 Å². The van der Waals surface area contributed by atoms with Gasteiger partial charge in [0.25, 0.3) is 5.91 Å². The molecule has 2 aromatic rings. The Hall–Kier alpha value is -1.92. The molecule has 2 rings (SSSR count). The maximum absolute atomic E-state index is 12.1. The van der Waals surface area contributed by atoms with E-state index in [-0.39, 0.29) is 5.91 Å². The Morgan fingerprint density at radius 3 is 2.86 bits per heavy atom. The lowest BCUT2D eigenvalue weighted by atomic mass is 10.2. The third-order valence-corrected chi connectivity index (χ3v) is 3.43. The van der Waals surface area contributed by atoms with Gasteiger partial charge < -0.3 is 15.4 Å². The fourth-order valence-corrected chi connectivity index (χ4v) is 2.24. The molecule has 0 saturated carbocycles. The van der Waals surface area contributed by atoms with Crippen molar-refractivity contribution in [3.8, 4) is 0 Å². The third-order valence-electron chi connectivity index (χ3n) is 2.94. The molecule has 1 aromatic heterocycles. The van der Waals surface area contributed by atoms with Crippen LogP contribution in [-0.4, -0.2) is 31.2 Å². The fourth-order valence-electron chi connectivity index (χ4n) is 1.84. The highest BCUT2D eigenvalue weighted by Crippen LogP contribution is 2.14. The summed E-state index contributed by atoms with van der Waals surface area (Å²) >= 11 is 3.35. The summed E-state index contributed by atoms with van der Waals surface area (Å²) < 4.78 is 5.85. The van der Waals surface area contributed by atoms with E-state index in [2.05, 4.69) is 31.5 Å². The van der Waals surface area contributed by atoms with Gasteiger partial charge in [0, 0.05) is 30.3 Å². The van der Waals surface area contributed by atoms with Crippen molar-refractivity contribution >= 4 is 33.3 Å². The van der Waals surface area contributed by atoms with Gasteiger partial charge in [-0.3, -0.25) is 4.79 Å². The van der Waals surface area contributed by atoms with E-state index in [9.17, 15) is 4.79 Å². The van der Waals surface area contributed by atoms with E-state index < -0.39 is 0 Å². The predicted octanol–water partition coefficient (Wildman–Crippen LogP) is 3.54. The van der Waals surface area contributed by atoms with Crippen LogP contribution in [0.25, 0.3) is 0 Å². The molecule has 1 heterocycles. The minimum atomic E-state index is -0.163. The van der Waals surface area contributed by atoms with Crippen LogP contribution in [-0.2, 0) is 4.74 Å². The monoisotopic (exact) mass is 363 g/mol. The number of rotatable bonds is 7. The highest BCUT2D eigenvalue weighted by molar-refractivity contribution is 9.10. The summed E-state index contributed by atoms with van der Waals surface area (Å²) in [5.41, 5.74) is 1.25. The molecule has 0 saturated heterocycles. The van der Waals surface area contributed by atoms with Crippen molar-refractivity contribution < 1.29 is 9.53 Å². The van der Waals surface area contributed by atoms with Crippen molar-refractivity contribution in [3.05, 3.63) is 52.6 Å². The summed E-state index contributed by atoms with van der Waals surface area (Å²) in [6, 6.07) is 10.9. The van der Waals surface area contributed by atoms with Crippen LogP contribution < -0.4 is 10.6 Å². The molecule has 6 heteroatoms. The van der Waals surface area contributed by atoms with Crippen LogP contribution in [0.5, 0.6) is 0 Å². The second kappa shape index (κ2) is 8.51. The van der Waals surface area contributed by atoms with E-state index in [0.717, 1.165) is 23.3 Å². The number of methoxy groups -OCH3 is 1. The molecule has 0 aliphatic heterocycles. The second-order valence-electron chi connectivity index (χ2n) is 4.67. The van der Waals surface area contributed by atoms with Gasteiger partial charge in [-0.05, 0) is 36.8 Å². The van der Waals surface area contributed by atoms with Gasteiger partial charge in [0.2, 0.25) is 0 Å². The van der Waals surface area contributed by atoms with Crippen LogP contribution in [0.3, 0.4) is 0 Å². The van der Waals surface area contributed by atoms with Crippen molar-refractivity contribution in [2.24, 2.45) is 0 Å². The molecule has 0 bridgehead atoms. The first kappa shape index (κ1) is 16.5. The molecule has 0 atom stereocenters. The third kappa shape index (κ3) is 5.13. The van der Waals surface area contributed by atoms with Crippen LogP contribution >= 0.6 is 15.9 Å². The Morgan fingerprint density at radius 1 is 1.32 bits per heavy atom. The molecule has 0 aliphatic carbocycles. The van der Waals surface area contributed by atoms with Gasteiger partial charge in [0.05, 0.1) is 11.9 Å². The minimum absolute atomic E-state index is 0.163. The Labute approximate surface area is 138 Å². The Bertz CT molecular complexity index is 617. The number of benzene rings is 1. The first-order valence-electron chi connectivity index (χ1n) is 6.95. The number of hydrogen-bond donors (Lipinski definition) is 2. The van der Waals surface area contributed by atoms with E-state index >= 15 is 0 Å². The molecule has 1 amide bonds. The first-order valence-corrected chi connectivity index (χ1v) is 7.74. The van der Waals surface area contributed by atoms with Crippen molar-refractivity contribution in [3.63, 3.8) is 0 Å². The number of ether oxygens (including phenoxy) is 1. The number of amides is 1. The van der Waals surface area contributed by atoms with Gasteiger partial charge in [0.15, 0.2) is 0 Å². The quantitative estimate of drug-likeness (QED) is 0.738. The summed E-state index contributed by atoms with van der Waals surface area (Å²) in [5, 5.41) is 6.01. The molecule has 5 nitrogen and oxygen atoms in total. The molecule has 2 N–H and O–H groups in total. The number of halogens is 1. The molecule has 0 aliphatic rings. The highest BCUT2D eigenvalue weighted by atomic mass is 79.9. The number of aromatic nitrogens is 1. The van der Waals surface area contributed by atoms with Crippen LogP contribution in [0.2, 0.25) is 0 Å². The average Bonchev–Trinajstić information content (AvgIpc) is 2.53. The zero-order valence-electron chi connectivity index (χ0n) is 12.3. The molecule has 0 unspecified atom stereocenters. The molecule has 0 spiro atoms. The summed E-state index contributed by atoms with van der Waals surface area (Å²) in [4.78, 5) is 16.4. The van der Waals surface area contributed by atoms with Gasteiger partial charge in [-0.25, -0.2) is 4.98 Å². The van der Waals surface area contributed by atoms with Gasteiger partial charge in [0.1, 0.15) is 5.82 Å². The fraction of sp³-hybridized carbons (Fsp3) is 0.250. The number of pyridine rings is 1. The van der Waals surface area contributed by atoms with Crippen LogP contribution in [0.1, 0.15) is 16.8 Å². The topological polar surface area (TPSA) is 63.2 Å². The number of carbonyl (C=O) groups is 1. The van der Waals surface area contributed by atoms with Gasteiger partial charge in [-0.2, -0.15) is 0 Å². The van der Waals surface area contributed by atoms with Gasteiger partial charge >= 0.3 is 0 Å². The maximum atomic E-state index is 12.1. The standard InChI is InChI=1S/C16H18BrN3O2/c1-22-9-3-8-18-15-7-6-14(11-19-15)20-16(21)12-4-2-5-13(17)10-12/h2,4-7,10-11H,3,8-9H2,1H3,(H,18,19)(H,20,21). The first-order chi connectivity index (χ1) is 10.7. The summed E-state index contributed by atoms with van der Waals surface area (Å²) in [6.07, 6.45) is 2.55. The molecule has 1 aromatic carbocycles. The molecule has 22 heavy (non-hydrogen) atoms. The zero-order valence-corrected chi connectivity index (χ0v) is 13.9. The van der Waals surface area contributed by atoms with Crippen LogP contribution in [0.15, 0.2) is 47.1 Å². The number of carbonyl (C=O) groups excluding carboxylic acids is 1. The zero-order chi connectivity index (χ0) is 15.8. The average molecular weight is 364 g/mol. The lowest BCUT2D eigenvalue weighted by molar-refractivity contribution is 0.102. The molecule has 0 fully saturated rings. The normalized spacial score (nSPS) is 10.3. The molecular formula is C16H18BrN3O2. The molecule has 116 valence electrons. The Balaban J connectivity index is 1.89. The summed E-state index contributed by atoms with van der Waals surface area (Å²) in [7, 11) is 1.68. The van der Waals surface area contributed by atoms with E-state index in [1.807, 2.05) is 24.3 Å². The van der Waals surface area contributed by atoms with Gasteiger partial charge in [-0.15, -0.1) is 0 Å². The van der Waals surface area contributed by atoms with E-state index in [1.54, 1.807) is 25.4 Å². The SMILES string of the molecule is COCCCNc1ccc(NC(=O)c2cccc(Br)c2)cn1. The second-order valence-corrected chi connectivity index (χ2v) is 5.59. The predicted molar refractivity (Wildman–Crippen MR) is 91.3 cm³/mol. The van der Waals surface area contributed by atoms with E-state index in [1.165, 1.54) is 0 Å². The van der Waals surface area contributed by atoms with Crippen molar-refractivity contribution in [2.75, 3.05) is 30.9 Å². The lowest BCUT2D eigenvalue weighted by Crippen LogP contribution is -2.12. The summed E-state index contributed by atoms with van der Waals surface area (Å²) in [6.45, 7) is 1.51. The van der Waals surface area contributed by atoms with E-state index in [0.29, 0.717) is 17.9 Å². The molecular weight excluding hydrogens is 346 g/mol. The van der Waals surface area contributed by atoms with Crippen LogP contribution in [0, 0.1) is 0 Å². The maximum Gasteiger partial charge on any atom is 0.255 e. The largest absolute Gasteiger partial charge is 0.385 e. The van der Waals surface area contributed by atoms with Crippen molar-refractivity contribution in [1.29, 1.82) is 0 Å². The summed E-state index contributed by atoms with van der Waals surface area (Å²) in [5.74, 6) is 0.612. The van der Waals surface area contributed by atoms with Gasteiger partial charge in [-0.1, -0.05) is 22.0 Å². The Kier molecular flexibility index (Phi) is 6.36. The lowest BCUT2D eigenvalue weighted by Gasteiger charge is -2.08. The number of nitrogens with zero attached hydrogens (tertiary/aromatic N) is 1. The Morgan fingerprint density at radius 2 is 2.18 bits per heavy atom. The highest BCUT2D eigenvalue weighted by Gasteiger charge is 2.06. The number of nitrogens with one attached hydrogen (secondary N) is 2. The number of anilines is 2. The van der Waals surface area contributed by atoms with Crippen molar-refractivity contribution in [1.82, 2.24) is 4.98 Å².